The summed E-state index contributed by atoms with van der Waals surface area (Å²) in [5.74, 6) is -0.0743. The zero-order valence-corrected chi connectivity index (χ0v) is 14.3. The van der Waals surface area contributed by atoms with Crippen molar-refractivity contribution < 1.29 is 13.7 Å². The summed E-state index contributed by atoms with van der Waals surface area (Å²) < 4.78 is 18.2. The highest BCUT2D eigenvalue weighted by atomic mass is 35.5. The Morgan fingerprint density at radius 2 is 2.04 bits per heavy atom. The van der Waals surface area contributed by atoms with Gasteiger partial charge in [-0.25, -0.2) is 4.39 Å². The van der Waals surface area contributed by atoms with Crippen LogP contribution in [0.5, 0.6) is 0 Å². The normalized spacial score (nSPS) is 10.7. The van der Waals surface area contributed by atoms with Crippen molar-refractivity contribution in [2.45, 2.75) is 12.8 Å². The molecule has 0 unspecified atom stereocenters. The van der Waals surface area contributed by atoms with Crippen molar-refractivity contribution in [2.75, 3.05) is 5.32 Å². The smallest absolute Gasteiger partial charge is 0.227 e. The van der Waals surface area contributed by atoms with Gasteiger partial charge in [-0.3, -0.25) is 4.79 Å². The third-order valence-electron chi connectivity index (χ3n) is 3.32. The van der Waals surface area contributed by atoms with Crippen LogP contribution in [-0.4, -0.2) is 16.0 Å². The van der Waals surface area contributed by atoms with E-state index in [4.69, 9.17) is 27.7 Å². The number of aromatic nitrogens is 2. The van der Waals surface area contributed by atoms with E-state index in [0.29, 0.717) is 22.4 Å². The monoisotopic (exact) mass is 379 g/mol. The lowest BCUT2D eigenvalue weighted by molar-refractivity contribution is -0.116. The van der Waals surface area contributed by atoms with Gasteiger partial charge in [-0.2, -0.15) is 4.98 Å². The van der Waals surface area contributed by atoms with Gasteiger partial charge < -0.3 is 9.84 Å². The van der Waals surface area contributed by atoms with E-state index in [1.54, 1.807) is 18.2 Å². The average molecular weight is 380 g/mol. The molecule has 0 radical (unpaired) electrons. The molecule has 0 fully saturated rings. The van der Waals surface area contributed by atoms with Crippen LogP contribution in [-0.2, 0) is 11.2 Å². The minimum Gasteiger partial charge on any atom is -0.339 e. The first-order chi connectivity index (χ1) is 12.0. The Kier molecular flexibility index (Phi) is 5.31. The molecule has 0 atom stereocenters. The number of benzene rings is 2. The van der Waals surface area contributed by atoms with E-state index >= 15 is 0 Å². The number of hydrogen-bond donors (Lipinski definition) is 1. The number of hydrogen-bond acceptors (Lipinski definition) is 4. The molecule has 0 bridgehead atoms. The Morgan fingerprint density at radius 3 is 2.80 bits per heavy atom. The van der Waals surface area contributed by atoms with Crippen LogP contribution in [0.25, 0.3) is 11.4 Å². The van der Waals surface area contributed by atoms with Crippen molar-refractivity contribution in [1.29, 1.82) is 0 Å². The molecule has 3 aromatic rings. The molecule has 0 saturated heterocycles. The van der Waals surface area contributed by atoms with Crippen molar-refractivity contribution in [3.8, 4) is 11.4 Å². The van der Waals surface area contributed by atoms with Gasteiger partial charge in [0.25, 0.3) is 0 Å². The molecule has 0 saturated carbocycles. The van der Waals surface area contributed by atoms with Crippen LogP contribution in [0, 0.1) is 5.82 Å². The molecular formula is C17H12Cl2FN3O2. The molecule has 1 heterocycles. The van der Waals surface area contributed by atoms with Gasteiger partial charge in [0, 0.05) is 29.1 Å². The second-order valence-electron chi connectivity index (χ2n) is 5.20. The van der Waals surface area contributed by atoms with E-state index in [2.05, 4.69) is 15.5 Å². The fourth-order valence-electron chi connectivity index (χ4n) is 2.12. The van der Waals surface area contributed by atoms with Crippen LogP contribution in [0.3, 0.4) is 0 Å². The van der Waals surface area contributed by atoms with E-state index in [1.165, 1.54) is 18.2 Å². The molecular weight excluding hydrogens is 368 g/mol. The maximum Gasteiger partial charge on any atom is 0.227 e. The number of nitrogens with zero attached hydrogens (tertiary/aromatic N) is 2. The maximum absolute atomic E-state index is 13.1. The van der Waals surface area contributed by atoms with E-state index in [9.17, 15) is 9.18 Å². The summed E-state index contributed by atoms with van der Waals surface area (Å²) in [4.78, 5) is 16.2. The minimum absolute atomic E-state index is 0.0548. The summed E-state index contributed by atoms with van der Waals surface area (Å²) >= 11 is 11.6. The Bertz CT molecular complexity index is 914. The van der Waals surface area contributed by atoms with Gasteiger partial charge in [0.05, 0.1) is 5.02 Å². The summed E-state index contributed by atoms with van der Waals surface area (Å²) in [5.41, 5.74) is 1.15. The average Bonchev–Trinajstić information content (AvgIpc) is 3.05. The van der Waals surface area contributed by atoms with Gasteiger partial charge in [-0.15, -0.1) is 0 Å². The van der Waals surface area contributed by atoms with Crippen LogP contribution in [0.4, 0.5) is 10.1 Å². The van der Waals surface area contributed by atoms with Gasteiger partial charge in [-0.1, -0.05) is 40.5 Å². The maximum atomic E-state index is 13.1. The zero-order chi connectivity index (χ0) is 17.8. The molecule has 128 valence electrons. The van der Waals surface area contributed by atoms with Gasteiger partial charge in [0.1, 0.15) is 5.82 Å². The molecule has 5 nitrogen and oxygen atoms in total. The molecule has 0 aliphatic carbocycles. The number of aryl methyl sites for hydroxylation is 1. The predicted molar refractivity (Wildman–Crippen MR) is 93.1 cm³/mol. The first-order valence-electron chi connectivity index (χ1n) is 7.35. The van der Waals surface area contributed by atoms with E-state index in [-0.39, 0.29) is 23.8 Å². The van der Waals surface area contributed by atoms with Crippen LogP contribution in [0.15, 0.2) is 47.0 Å². The summed E-state index contributed by atoms with van der Waals surface area (Å²) in [6, 6.07) is 11.0. The van der Waals surface area contributed by atoms with Gasteiger partial charge in [-0.05, 0) is 30.3 Å². The highest BCUT2D eigenvalue weighted by molar-refractivity contribution is 6.31. The summed E-state index contributed by atoms with van der Waals surface area (Å²) in [6.07, 6.45) is 0.403. The van der Waals surface area contributed by atoms with Crippen molar-refractivity contribution in [2.24, 2.45) is 0 Å². The number of rotatable bonds is 5. The van der Waals surface area contributed by atoms with Crippen LogP contribution >= 0.6 is 23.2 Å². The molecule has 3 rings (SSSR count). The van der Waals surface area contributed by atoms with Crippen LogP contribution < -0.4 is 5.32 Å². The van der Waals surface area contributed by atoms with Crippen LogP contribution in [0.1, 0.15) is 12.3 Å². The molecule has 1 aromatic heterocycles. The quantitative estimate of drug-likeness (QED) is 0.694. The van der Waals surface area contributed by atoms with E-state index in [1.807, 2.05) is 6.07 Å². The number of nitrogens with one attached hydrogen (secondary N) is 1. The third-order valence-corrected chi connectivity index (χ3v) is 3.84. The van der Waals surface area contributed by atoms with E-state index in [0.717, 1.165) is 5.56 Å². The van der Waals surface area contributed by atoms with Crippen molar-refractivity contribution >= 4 is 34.8 Å². The fourth-order valence-corrected chi connectivity index (χ4v) is 2.49. The van der Waals surface area contributed by atoms with Crippen molar-refractivity contribution in [3.05, 3.63) is 64.2 Å². The molecule has 0 aliphatic rings. The minimum atomic E-state index is -0.543. The molecule has 2 aromatic carbocycles. The fraction of sp³-hybridized carbons (Fsp3) is 0.118. The SMILES string of the molecule is O=C(CCc1nc(-c2cccc(Cl)c2)no1)Nc1ccc(F)c(Cl)c1. The Morgan fingerprint density at radius 1 is 1.20 bits per heavy atom. The van der Waals surface area contributed by atoms with Crippen molar-refractivity contribution in [1.82, 2.24) is 10.1 Å². The lowest BCUT2D eigenvalue weighted by atomic mass is 10.2. The number of anilines is 1. The summed E-state index contributed by atoms with van der Waals surface area (Å²) in [6.45, 7) is 0. The number of carbonyl (C=O) groups excluding carboxylic acids is 1. The van der Waals surface area contributed by atoms with E-state index < -0.39 is 5.82 Å². The number of amides is 1. The molecule has 1 amide bonds. The standard InChI is InChI=1S/C17H12Cl2FN3O2/c18-11-3-1-2-10(8-11)17-22-16(25-23-17)7-6-15(24)21-12-4-5-14(20)13(19)9-12/h1-5,8-9H,6-7H2,(H,21,24). The first-order valence-corrected chi connectivity index (χ1v) is 8.10. The largest absolute Gasteiger partial charge is 0.339 e. The van der Waals surface area contributed by atoms with Gasteiger partial charge in [0.2, 0.25) is 17.6 Å². The molecule has 1 N–H and O–H groups in total. The Balaban J connectivity index is 1.58. The second kappa shape index (κ2) is 7.63. The molecule has 25 heavy (non-hydrogen) atoms. The lowest BCUT2D eigenvalue weighted by Crippen LogP contribution is -2.12. The van der Waals surface area contributed by atoms with Gasteiger partial charge >= 0.3 is 0 Å². The van der Waals surface area contributed by atoms with Crippen LogP contribution in [0.2, 0.25) is 10.0 Å². The molecule has 0 aliphatic heterocycles. The molecule has 0 spiro atoms. The first kappa shape index (κ1) is 17.4. The topological polar surface area (TPSA) is 68.0 Å². The summed E-state index contributed by atoms with van der Waals surface area (Å²) in [5, 5.41) is 7.02. The highest BCUT2D eigenvalue weighted by Crippen LogP contribution is 2.21. The predicted octanol–water partition coefficient (Wildman–Crippen LogP) is 4.75. The Labute approximate surface area is 152 Å². The Hall–Kier alpha value is -2.44. The van der Waals surface area contributed by atoms with Gasteiger partial charge in [0.15, 0.2) is 0 Å². The second-order valence-corrected chi connectivity index (χ2v) is 6.04. The third kappa shape index (κ3) is 4.55. The zero-order valence-electron chi connectivity index (χ0n) is 12.8. The highest BCUT2D eigenvalue weighted by Gasteiger charge is 2.11. The lowest BCUT2D eigenvalue weighted by Gasteiger charge is -2.04. The molecule has 8 heteroatoms. The number of carbonyl (C=O) groups is 1. The number of halogens is 3. The summed E-state index contributed by atoms with van der Waals surface area (Å²) in [7, 11) is 0. The van der Waals surface area contributed by atoms with Crippen molar-refractivity contribution in [3.63, 3.8) is 0 Å².